The molecule has 48 valence electrons. The van der Waals surface area contributed by atoms with Crippen molar-refractivity contribution in [2.45, 2.75) is 0 Å². The van der Waals surface area contributed by atoms with Crippen LogP contribution in [0.4, 0.5) is 0 Å². The van der Waals surface area contributed by atoms with Gasteiger partial charge in [-0.2, -0.15) is 0 Å². The molecule has 0 fully saturated rings. The Bertz CT molecular complexity index is 365. The van der Waals surface area contributed by atoms with Crippen LogP contribution < -0.4 is 4.74 Å². The van der Waals surface area contributed by atoms with E-state index in [0.29, 0.717) is 0 Å². The van der Waals surface area contributed by atoms with Gasteiger partial charge in [-0.3, -0.25) is 0 Å². The number of ether oxygens (including phenoxy) is 1. The van der Waals surface area contributed by atoms with Crippen molar-refractivity contribution in [1.82, 2.24) is 0 Å². The van der Waals surface area contributed by atoms with E-state index in [1.54, 1.807) is 12.5 Å². The standard InChI is InChI=1S/C8H4O2/c1-5-3-9-4-6(5)2-8-7(1)10-8/h1-4H. The molecule has 1 aliphatic heterocycles. The molecule has 2 heterocycles. The lowest BCUT2D eigenvalue weighted by Crippen LogP contribution is -1.51. The minimum atomic E-state index is 0.980. The molecule has 2 nitrogen and oxygen atoms in total. The molecule has 0 aliphatic carbocycles. The maximum Gasteiger partial charge on any atom is 0.170 e. The molecule has 0 radical (unpaired) electrons. The van der Waals surface area contributed by atoms with E-state index in [9.17, 15) is 0 Å². The van der Waals surface area contributed by atoms with Crippen LogP contribution in [0.5, 0.6) is 11.5 Å². The van der Waals surface area contributed by atoms with Crippen LogP contribution in [0.25, 0.3) is 10.8 Å². The third-order valence-electron chi connectivity index (χ3n) is 1.72. The maximum absolute atomic E-state index is 5.10. The number of hydrogen-bond acceptors (Lipinski definition) is 2. The lowest BCUT2D eigenvalue weighted by Gasteiger charge is -1.74. The number of fused-ring (bicyclic) bond motifs is 2. The summed E-state index contributed by atoms with van der Waals surface area (Å²) < 4.78 is 10.1. The van der Waals surface area contributed by atoms with E-state index in [4.69, 9.17) is 9.15 Å². The Hall–Kier alpha value is -1.44. The molecule has 0 atom stereocenters. The van der Waals surface area contributed by atoms with Crippen LogP contribution in [0.2, 0.25) is 0 Å². The highest BCUT2D eigenvalue weighted by molar-refractivity contribution is 5.87. The van der Waals surface area contributed by atoms with Gasteiger partial charge in [-0.05, 0) is 12.1 Å². The fourth-order valence-corrected chi connectivity index (χ4v) is 1.13. The normalized spacial score (nSPS) is 12.8. The summed E-state index contributed by atoms with van der Waals surface area (Å²) in [6.07, 6.45) is 3.44. The average Bonchev–Trinajstić information content (AvgIpc) is 2.52. The van der Waals surface area contributed by atoms with Gasteiger partial charge in [-0.25, -0.2) is 0 Å². The Morgan fingerprint density at radius 2 is 1.50 bits per heavy atom. The summed E-state index contributed by atoms with van der Waals surface area (Å²) in [5.41, 5.74) is 0. The van der Waals surface area contributed by atoms with E-state index >= 15 is 0 Å². The molecule has 1 aromatic heterocycles. The van der Waals surface area contributed by atoms with Crippen molar-refractivity contribution in [2.24, 2.45) is 0 Å². The first kappa shape index (κ1) is 4.39. The summed E-state index contributed by atoms with van der Waals surface area (Å²) in [4.78, 5) is 0. The Morgan fingerprint density at radius 3 is 2.10 bits per heavy atom. The molecule has 0 spiro atoms. The Labute approximate surface area is 57.0 Å². The molecular formula is C8H4O2. The van der Waals surface area contributed by atoms with Gasteiger partial charge in [0.25, 0.3) is 0 Å². The van der Waals surface area contributed by atoms with Gasteiger partial charge in [0.05, 0.1) is 12.5 Å². The SMILES string of the molecule is c1occ2cc3c(cc12)O3. The van der Waals surface area contributed by atoms with Crippen molar-refractivity contribution in [3.63, 3.8) is 0 Å². The van der Waals surface area contributed by atoms with E-state index in [1.165, 1.54) is 0 Å². The quantitative estimate of drug-likeness (QED) is 0.439. The fraction of sp³-hybridized carbons (Fsp3) is 0. The van der Waals surface area contributed by atoms with Crippen LogP contribution >= 0.6 is 0 Å². The summed E-state index contributed by atoms with van der Waals surface area (Å²) in [6, 6.07) is 3.96. The third-order valence-corrected chi connectivity index (χ3v) is 1.72. The highest BCUT2D eigenvalue weighted by Crippen LogP contribution is 2.47. The van der Waals surface area contributed by atoms with Gasteiger partial charge in [0, 0.05) is 10.8 Å². The molecule has 2 heteroatoms. The van der Waals surface area contributed by atoms with Crippen LogP contribution in [0.1, 0.15) is 0 Å². The molecule has 10 heavy (non-hydrogen) atoms. The van der Waals surface area contributed by atoms with Crippen molar-refractivity contribution in [3.8, 4) is 11.5 Å². The topological polar surface area (TPSA) is 25.7 Å². The van der Waals surface area contributed by atoms with E-state index < -0.39 is 0 Å². The van der Waals surface area contributed by atoms with E-state index in [1.807, 2.05) is 12.1 Å². The van der Waals surface area contributed by atoms with Gasteiger partial charge in [-0.1, -0.05) is 0 Å². The zero-order valence-corrected chi connectivity index (χ0v) is 5.13. The van der Waals surface area contributed by atoms with Crippen molar-refractivity contribution in [3.05, 3.63) is 24.7 Å². The van der Waals surface area contributed by atoms with Gasteiger partial charge in [0.1, 0.15) is 0 Å². The fourth-order valence-electron chi connectivity index (χ4n) is 1.13. The van der Waals surface area contributed by atoms with E-state index in [0.717, 1.165) is 22.3 Å². The van der Waals surface area contributed by atoms with Gasteiger partial charge in [0.15, 0.2) is 11.5 Å². The molecule has 0 bridgehead atoms. The average molecular weight is 132 g/mol. The van der Waals surface area contributed by atoms with Gasteiger partial charge in [-0.15, -0.1) is 0 Å². The first-order chi connectivity index (χ1) is 4.93. The molecule has 0 saturated heterocycles. The van der Waals surface area contributed by atoms with Crippen LogP contribution in [0.3, 0.4) is 0 Å². The second-order valence-electron chi connectivity index (χ2n) is 2.40. The summed E-state index contributed by atoms with van der Waals surface area (Å²) >= 11 is 0. The summed E-state index contributed by atoms with van der Waals surface area (Å²) in [7, 11) is 0. The van der Waals surface area contributed by atoms with Crippen LogP contribution in [0, 0.1) is 0 Å². The Balaban J connectivity index is 2.58. The molecule has 2 aromatic rings. The molecule has 1 aliphatic rings. The Morgan fingerprint density at radius 1 is 0.900 bits per heavy atom. The monoisotopic (exact) mass is 132 g/mol. The lowest BCUT2D eigenvalue weighted by atomic mass is 10.2. The zero-order chi connectivity index (χ0) is 6.55. The molecule has 0 N–H and O–H groups in total. The predicted octanol–water partition coefficient (Wildman–Crippen LogP) is 2.54. The van der Waals surface area contributed by atoms with Crippen molar-refractivity contribution < 1.29 is 9.15 Å². The lowest BCUT2D eigenvalue weighted by molar-refractivity contribution is 0.572. The largest absolute Gasteiger partial charge is 0.471 e. The molecule has 0 amide bonds. The number of rotatable bonds is 0. The molecular weight excluding hydrogens is 128 g/mol. The number of hydrogen-bond donors (Lipinski definition) is 0. The minimum Gasteiger partial charge on any atom is -0.471 e. The van der Waals surface area contributed by atoms with Gasteiger partial charge in [0.2, 0.25) is 0 Å². The minimum absolute atomic E-state index is 0.980. The van der Waals surface area contributed by atoms with Crippen molar-refractivity contribution in [1.29, 1.82) is 0 Å². The molecule has 0 saturated carbocycles. The highest BCUT2D eigenvalue weighted by atomic mass is 16.6. The zero-order valence-electron chi connectivity index (χ0n) is 5.13. The smallest absolute Gasteiger partial charge is 0.170 e. The number of furan rings is 1. The first-order valence-corrected chi connectivity index (χ1v) is 3.11. The van der Waals surface area contributed by atoms with Crippen molar-refractivity contribution >= 4 is 10.8 Å². The van der Waals surface area contributed by atoms with Crippen LogP contribution in [0.15, 0.2) is 29.1 Å². The summed E-state index contributed by atoms with van der Waals surface area (Å²) in [6.45, 7) is 0. The predicted molar refractivity (Wildman–Crippen MR) is 36.3 cm³/mol. The maximum atomic E-state index is 5.10. The second-order valence-corrected chi connectivity index (χ2v) is 2.40. The third kappa shape index (κ3) is 0.398. The van der Waals surface area contributed by atoms with Crippen molar-refractivity contribution in [2.75, 3.05) is 0 Å². The first-order valence-electron chi connectivity index (χ1n) is 3.11. The van der Waals surface area contributed by atoms with E-state index in [2.05, 4.69) is 0 Å². The number of benzene rings is 1. The molecule has 0 unspecified atom stereocenters. The summed E-state index contributed by atoms with van der Waals surface area (Å²) in [5.74, 6) is 1.96. The van der Waals surface area contributed by atoms with Gasteiger partial charge < -0.3 is 9.15 Å². The molecule has 3 rings (SSSR count). The summed E-state index contributed by atoms with van der Waals surface area (Å²) in [5, 5.41) is 2.22. The van der Waals surface area contributed by atoms with Crippen LogP contribution in [-0.4, -0.2) is 0 Å². The highest BCUT2D eigenvalue weighted by Gasteiger charge is 2.20. The van der Waals surface area contributed by atoms with E-state index in [-0.39, 0.29) is 0 Å². The second kappa shape index (κ2) is 1.19. The molecule has 1 aromatic carbocycles. The van der Waals surface area contributed by atoms with Gasteiger partial charge >= 0.3 is 0 Å². The Kier molecular flexibility index (Phi) is 0.520. The van der Waals surface area contributed by atoms with Crippen LogP contribution in [-0.2, 0) is 0 Å².